The van der Waals surface area contributed by atoms with Gasteiger partial charge < -0.3 is 15.0 Å². The standard InChI is InChI=1S/C14H20N2O/c1-10(2)16(3)8-7-11-9-15-12-5-4-6-13(17)14(11)12/h4-6,9-10,15,17H,7-8H2,1-3H3/p+1. The number of phenolic OH excluding ortho intramolecular Hbond substituents is 1. The highest BCUT2D eigenvalue weighted by molar-refractivity contribution is 5.88. The van der Waals surface area contributed by atoms with Gasteiger partial charge in [0, 0.05) is 23.5 Å². The molecule has 3 heteroatoms. The Labute approximate surface area is 102 Å². The summed E-state index contributed by atoms with van der Waals surface area (Å²) < 4.78 is 0. The van der Waals surface area contributed by atoms with Gasteiger partial charge in [0.25, 0.3) is 0 Å². The molecule has 3 N–H and O–H groups in total. The van der Waals surface area contributed by atoms with Crippen LogP contribution in [0.5, 0.6) is 5.75 Å². The van der Waals surface area contributed by atoms with Gasteiger partial charge in [-0.05, 0) is 31.5 Å². The van der Waals surface area contributed by atoms with Gasteiger partial charge in [-0.2, -0.15) is 0 Å². The molecular weight excluding hydrogens is 212 g/mol. The van der Waals surface area contributed by atoms with Crippen LogP contribution >= 0.6 is 0 Å². The number of aromatic nitrogens is 1. The molecule has 0 radical (unpaired) electrons. The van der Waals surface area contributed by atoms with Crippen LogP contribution in [0, 0.1) is 0 Å². The fourth-order valence-corrected chi connectivity index (χ4v) is 2.05. The number of phenols is 1. The molecule has 0 fully saturated rings. The van der Waals surface area contributed by atoms with Crippen LogP contribution in [0.4, 0.5) is 0 Å². The molecule has 0 aliphatic carbocycles. The van der Waals surface area contributed by atoms with Crippen molar-refractivity contribution in [3.63, 3.8) is 0 Å². The van der Waals surface area contributed by atoms with Crippen LogP contribution in [-0.2, 0) is 6.42 Å². The molecule has 92 valence electrons. The minimum atomic E-state index is 0.376. The average molecular weight is 233 g/mol. The van der Waals surface area contributed by atoms with Gasteiger partial charge >= 0.3 is 0 Å². The van der Waals surface area contributed by atoms with Crippen molar-refractivity contribution in [2.24, 2.45) is 0 Å². The number of H-pyrrole nitrogens is 1. The number of aromatic hydroxyl groups is 1. The third-order valence-electron chi connectivity index (χ3n) is 3.54. The molecule has 0 saturated carbocycles. The van der Waals surface area contributed by atoms with Crippen molar-refractivity contribution in [1.29, 1.82) is 0 Å². The molecular formula is C14H21N2O+. The van der Waals surface area contributed by atoms with E-state index in [4.69, 9.17) is 0 Å². The van der Waals surface area contributed by atoms with Gasteiger partial charge in [0.2, 0.25) is 0 Å². The molecule has 1 atom stereocenters. The van der Waals surface area contributed by atoms with E-state index in [0.29, 0.717) is 11.8 Å². The molecule has 0 spiro atoms. The van der Waals surface area contributed by atoms with E-state index < -0.39 is 0 Å². The molecule has 1 aromatic heterocycles. The third kappa shape index (κ3) is 2.44. The molecule has 3 nitrogen and oxygen atoms in total. The maximum Gasteiger partial charge on any atom is 0.125 e. The quantitative estimate of drug-likeness (QED) is 0.733. The summed E-state index contributed by atoms with van der Waals surface area (Å²) in [5.41, 5.74) is 2.22. The van der Waals surface area contributed by atoms with Crippen LogP contribution in [0.2, 0.25) is 0 Å². The first-order valence-electron chi connectivity index (χ1n) is 6.20. The number of hydrogen-bond acceptors (Lipinski definition) is 1. The normalized spacial score (nSPS) is 13.4. The highest BCUT2D eigenvalue weighted by Crippen LogP contribution is 2.27. The smallest absolute Gasteiger partial charge is 0.125 e. The molecule has 0 aliphatic rings. The molecule has 0 amide bonds. The van der Waals surface area contributed by atoms with Gasteiger partial charge in [-0.3, -0.25) is 0 Å². The van der Waals surface area contributed by atoms with Crippen molar-refractivity contribution in [3.8, 4) is 5.75 Å². The van der Waals surface area contributed by atoms with Gasteiger partial charge in [0.15, 0.2) is 0 Å². The van der Waals surface area contributed by atoms with E-state index in [1.165, 1.54) is 10.5 Å². The lowest BCUT2D eigenvalue weighted by Gasteiger charge is -2.17. The second kappa shape index (κ2) is 4.80. The molecule has 2 rings (SSSR count). The van der Waals surface area contributed by atoms with E-state index in [0.717, 1.165) is 23.9 Å². The minimum Gasteiger partial charge on any atom is -0.507 e. The van der Waals surface area contributed by atoms with Gasteiger partial charge in [0.05, 0.1) is 19.6 Å². The molecule has 1 unspecified atom stereocenters. The zero-order chi connectivity index (χ0) is 12.4. The lowest BCUT2D eigenvalue weighted by Crippen LogP contribution is -3.12. The van der Waals surface area contributed by atoms with Gasteiger partial charge in [-0.15, -0.1) is 0 Å². The Morgan fingerprint density at radius 3 is 2.82 bits per heavy atom. The first kappa shape index (κ1) is 12.0. The highest BCUT2D eigenvalue weighted by atomic mass is 16.3. The van der Waals surface area contributed by atoms with Crippen LogP contribution in [0.1, 0.15) is 19.4 Å². The summed E-state index contributed by atoms with van der Waals surface area (Å²) in [5.74, 6) is 0.376. The van der Waals surface area contributed by atoms with Crippen LogP contribution in [0.25, 0.3) is 10.9 Å². The summed E-state index contributed by atoms with van der Waals surface area (Å²) >= 11 is 0. The number of rotatable bonds is 4. The average Bonchev–Trinajstić information content (AvgIpc) is 2.70. The molecule has 1 aromatic carbocycles. The summed E-state index contributed by atoms with van der Waals surface area (Å²) in [7, 11) is 2.21. The Morgan fingerprint density at radius 1 is 1.35 bits per heavy atom. The van der Waals surface area contributed by atoms with Crippen LogP contribution in [0.15, 0.2) is 24.4 Å². The summed E-state index contributed by atoms with van der Waals surface area (Å²) in [6.45, 7) is 5.53. The summed E-state index contributed by atoms with van der Waals surface area (Å²) in [5, 5.41) is 10.9. The predicted octanol–water partition coefficient (Wildman–Crippen LogP) is 1.34. The lowest BCUT2D eigenvalue weighted by atomic mass is 10.1. The van der Waals surface area contributed by atoms with Crippen molar-refractivity contribution in [1.82, 2.24) is 4.98 Å². The first-order chi connectivity index (χ1) is 8.09. The number of hydrogen-bond donors (Lipinski definition) is 3. The third-order valence-corrected chi connectivity index (χ3v) is 3.54. The summed E-state index contributed by atoms with van der Waals surface area (Å²) in [6, 6.07) is 6.24. The number of aromatic amines is 1. The van der Waals surface area contributed by atoms with E-state index >= 15 is 0 Å². The highest BCUT2D eigenvalue weighted by Gasteiger charge is 2.11. The Hall–Kier alpha value is -1.48. The molecule has 2 aromatic rings. The van der Waals surface area contributed by atoms with Crippen molar-refractivity contribution < 1.29 is 10.0 Å². The summed E-state index contributed by atoms with van der Waals surface area (Å²) in [6.07, 6.45) is 3.00. The van der Waals surface area contributed by atoms with Gasteiger partial charge in [-0.1, -0.05) is 6.07 Å². The number of benzene rings is 1. The number of fused-ring (bicyclic) bond motifs is 1. The van der Waals surface area contributed by atoms with Crippen LogP contribution < -0.4 is 4.90 Å². The molecule has 0 bridgehead atoms. The molecule has 17 heavy (non-hydrogen) atoms. The van der Waals surface area contributed by atoms with Crippen molar-refractivity contribution in [2.75, 3.05) is 13.6 Å². The Bertz CT molecular complexity index is 502. The maximum absolute atomic E-state index is 9.89. The Kier molecular flexibility index (Phi) is 3.38. The molecule has 0 aliphatic heterocycles. The largest absolute Gasteiger partial charge is 0.507 e. The van der Waals surface area contributed by atoms with Gasteiger partial charge in [0.1, 0.15) is 5.75 Å². The van der Waals surface area contributed by atoms with E-state index in [9.17, 15) is 5.11 Å². The zero-order valence-corrected chi connectivity index (χ0v) is 10.7. The number of nitrogens with one attached hydrogen (secondary N) is 2. The second-order valence-electron chi connectivity index (χ2n) is 5.01. The zero-order valence-electron chi connectivity index (χ0n) is 10.7. The first-order valence-corrected chi connectivity index (χ1v) is 6.20. The topological polar surface area (TPSA) is 40.5 Å². The number of quaternary nitrogens is 1. The van der Waals surface area contributed by atoms with E-state index in [1.54, 1.807) is 6.07 Å². The SMILES string of the molecule is CC(C)[NH+](C)CCc1c[nH]c2cccc(O)c12. The minimum absolute atomic E-state index is 0.376. The molecule has 0 saturated heterocycles. The van der Waals surface area contributed by atoms with Crippen molar-refractivity contribution >= 4 is 10.9 Å². The fourth-order valence-electron chi connectivity index (χ4n) is 2.05. The van der Waals surface area contributed by atoms with Crippen LogP contribution in [-0.4, -0.2) is 29.7 Å². The van der Waals surface area contributed by atoms with E-state index in [-0.39, 0.29) is 0 Å². The van der Waals surface area contributed by atoms with E-state index in [1.807, 2.05) is 18.3 Å². The summed E-state index contributed by atoms with van der Waals surface area (Å²) in [4.78, 5) is 4.72. The van der Waals surface area contributed by atoms with Crippen LogP contribution in [0.3, 0.4) is 0 Å². The Morgan fingerprint density at radius 2 is 2.12 bits per heavy atom. The maximum atomic E-state index is 9.89. The van der Waals surface area contributed by atoms with E-state index in [2.05, 4.69) is 25.9 Å². The fraction of sp³-hybridized carbons (Fsp3) is 0.429. The second-order valence-corrected chi connectivity index (χ2v) is 5.01. The predicted molar refractivity (Wildman–Crippen MR) is 70.6 cm³/mol. The van der Waals surface area contributed by atoms with Crippen molar-refractivity contribution in [3.05, 3.63) is 30.0 Å². The molecule has 1 heterocycles. The Balaban J connectivity index is 2.19. The lowest BCUT2D eigenvalue weighted by molar-refractivity contribution is -0.901. The van der Waals surface area contributed by atoms with Crippen molar-refractivity contribution in [2.45, 2.75) is 26.3 Å². The van der Waals surface area contributed by atoms with Gasteiger partial charge in [-0.25, -0.2) is 0 Å². The monoisotopic (exact) mass is 233 g/mol. The number of likely N-dealkylation sites (N-methyl/N-ethyl adjacent to an activating group) is 1.